The second-order valence-electron chi connectivity index (χ2n) is 7.63. The average Bonchev–Trinajstić information content (AvgIpc) is 2.89. The van der Waals surface area contributed by atoms with Crippen molar-refractivity contribution in [3.05, 3.63) is 23.3 Å². The van der Waals surface area contributed by atoms with Gasteiger partial charge in [-0.2, -0.15) is 0 Å². The number of aryl methyl sites for hydroxylation is 1. The molecule has 1 aromatic carbocycles. The molecule has 3 aliphatic rings. The molecule has 2 fully saturated rings. The maximum Gasteiger partial charge on any atom is 0.129 e. The van der Waals surface area contributed by atoms with E-state index in [1.165, 1.54) is 30.4 Å². The van der Waals surface area contributed by atoms with Crippen molar-refractivity contribution in [3.63, 3.8) is 0 Å². The number of phenolic OH excluding ortho intramolecular Hbond substituents is 1. The number of aromatic hydroxyl groups is 1. The van der Waals surface area contributed by atoms with E-state index in [1.807, 2.05) is 12.3 Å². The third kappa shape index (κ3) is 2.12. The third-order valence-electron chi connectivity index (χ3n) is 6.67. The molecule has 0 bridgehead atoms. The van der Waals surface area contributed by atoms with Gasteiger partial charge in [-0.1, -0.05) is 6.92 Å². The summed E-state index contributed by atoms with van der Waals surface area (Å²) in [4.78, 5) is 1.01. The van der Waals surface area contributed by atoms with Gasteiger partial charge in [-0.05, 0) is 91.2 Å². The zero-order valence-corrected chi connectivity index (χ0v) is 14.3. The topological polar surface area (TPSA) is 40.5 Å². The Kier molecular flexibility index (Phi) is 3.69. The minimum Gasteiger partial charge on any atom is -0.507 e. The Balaban J connectivity index is 1.73. The number of aliphatic hydroxyl groups excluding tert-OH is 1. The predicted molar refractivity (Wildman–Crippen MR) is 90.4 cm³/mol. The lowest BCUT2D eigenvalue weighted by Crippen LogP contribution is -2.41. The van der Waals surface area contributed by atoms with E-state index >= 15 is 0 Å². The minimum atomic E-state index is -0.0658. The molecule has 6 atom stereocenters. The second-order valence-corrected chi connectivity index (χ2v) is 8.48. The number of benzene rings is 1. The van der Waals surface area contributed by atoms with E-state index in [2.05, 4.69) is 13.0 Å². The number of phenols is 1. The van der Waals surface area contributed by atoms with E-state index in [1.54, 1.807) is 11.8 Å². The molecule has 1 aromatic rings. The van der Waals surface area contributed by atoms with Gasteiger partial charge < -0.3 is 10.2 Å². The van der Waals surface area contributed by atoms with Gasteiger partial charge in [0.1, 0.15) is 5.75 Å². The molecule has 0 radical (unpaired) electrons. The molecule has 3 aliphatic carbocycles. The highest BCUT2D eigenvalue weighted by Gasteiger charge is 2.50. The number of thioether (sulfide) groups is 1. The lowest BCUT2D eigenvalue weighted by Gasteiger charge is -2.47. The Morgan fingerprint density at radius 2 is 1.95 bits per heavy atom. The van der Waals surface area contributed by atoms with Crippen LogP contribution in [0.15, 0.2) is 17.0 Å². The molecule has 0 saturated heterocycles. The van der Waals surface area contributed by atoms with E-state index in [0.29, 0.717) is 29.4 Å². The van der Waals surface area contributed by atoms with Crippen molar-refractivity contribution in [3.8, 4) is 5.75 Å². The molecule has 0 amide bonds. The number of hydrogen-bond donors (Lipinski definition) is 2. The van der Waals surface area contributed by atoms with Crippen LogP contribution in [0.1, 0.15) is 49.7 Å². The van der Waals surface area contributed by atoms with Crippen molar-refractivity contribution in [1.82, 2.24) is 0 Å². The van der Waals surface area contributed by atoms with E-state index in [-0.39, 0.29) is 6.10 Å². The number of fused-ring (bicyclic) bond motifs is 5. The molecule has 120 valence electrons. The number of hydrogen-bond acceptors (Lipinski definition) is 3. The molecular formula is C19H26O2S. The molecule has 0 heterocycles. The van der Waals surface area contributed by atoms with Gasteiger partial charge in [0.05, 0.1) is 6.10 Å². The Labute approximate surface area is 137 Å². The quantitative estimate of drug-likeness (QED) is 0.763. The highest BCUT2D eigenvalue weighted by molar-refractivity contribution is 7.98. The molecule has 2 N–H and O–H groups in total. The standard InChI is InChI=1S/C19H26O2S/c1-10-7-15-12(13-5-6-16(20)19(10)13)4-3-11-8-17(21)18(22-2)9-14(11)15/h8-10,12-13,15-16,19-21H,3-7H2,1-2H3/t10?,12?,13?,15?,16-,19?/m0/s1. The van der Waals surface area contributed by atoms with Crippen LogP contribution in [0, 0.1) is 23.7 Å². The Morgan fingerprint density at radius 3 is 2.73 bits per heavy atom. The Morgan fingerprint density at radius 1 is 1.14 bits per heavy atom. The normalized spacial score (nSPS) is 40.0. The van der Waals surface area contributed by atoms with Gasteiger partial charge in [-0.3, -0.25) is 0 Å². The van der Waals surface area contributed by atoms with E-state index in [4.69, 9.17) is 0 Å². The molecule has 3 heteroatoms. The molecule has 4 rings (SSSR count). The maximum absolute atomic E-state index is 10.4. The fourth-order valence-electron chi connectivity index (χ4n) is 5.81. The summed E-state index contributed by atoms with van der Waals surface area (Å²) in [5.41, 5.74) is 2.85. The van der Waals surface area contributed by atoms with Gasteiger partial charge in [-0.15, -0.1) is 11.8 Å². The van der Waals surface area contributed by atoms with Crippen molar-refractivity contribution in [1.29, 1.82) is 0 Å². The molecule has 2 saturated carbocycles. The summed E-state index contributed by atoms with van der Waals surface area (Å²) < 4.78 is 0. The number of rotatable bonds is 1. The molecule has 2 nitrogen and oxygen atoms in total. The van der Waals surface area contributed by atoms with Crippen molar-refractivity contribution in [2.45, 2.75) is 55.9 Å². The van der Waals surface area contributed by atoms with Gasteiger partial charge in [0.15, 0.2) is 0 Å². The van der Waals surface area contributed by atoms with Crippen LogP contribution in [0.5, 0.6) is 5.75 Å². The smallest absolute Gasteiger partial charge is 0.129 e. The first-order chi connectivity index (χ1) is 10.6. The second kappa shape index (κ2) is 5.45. The van der Waals surface area contributed by atoms with Crippen molar-refractivity contribution < 1.29 is 10.2 Å². The van der Waals surface area contributed by atoms with Crippen LogP contribution in [0.3, 0.4) is 0 Å². The SMILES string of the molecule is CSc1cc2c(cc1O)CCC1C2CC(C)C2C1CC[C@@H]2O. The molecule has 0 aliphatic heterocycles. The Bertz CT molecular complexity index is 585. The van der Waals surface area contributed by atoms with Gasteiger partial charge in [0.2, 0.25) is 0 Å². The van der Waals surface area contributed by atoms with Crippen LogP contribution in [-0.4, -0.2) is 22.6 Å². The summed E-state index contributed by atoms with van der Waals surface area (Å²) in [5.74, 6) is 3.68. The fraction of sp³-hybridized carbons (Fsp3) is 0.684. The first kappa shape index (κ1) is 14.9. The maximum atomic E-state index is 10.4. The highest BCUT2D eigenvalue weighted by Crippen LogP contribution is 2.57. The number of aliphatic hydroxyl groups is 1. The van der Waals surface area contributed by atoms with Gasteiger partial charge in [0, 0.05) is 4.90 Å². The summed E-state index contributed by atoms with van der Waals surface area (Å²) in [6.45, 7) is 2.34. The van der Waals surface area contributed by atoms with Crippen molar-refractivity contribution in [2.75, 3.05) is 6.26 Å². The fourth-order valence-corrected chi connectivity index (χ4v) is 6.33. The zero-order valence-electron chi connectivity index (χ0n) is 13.5. The van der Waals surface area contributed by atoms with Crippen LogP contribution in [0.4, 0.5) is 0 Å². The van der Waals surface area contributed by atoms with Crippen molar-refractivity contribution >= 4 is 11.8 Å². The summed E-state index contributed by atoms with van der Waals surface area (Å²) in [5, 5.41) is 20.5. The van der Waals surface area contributed by atoms with E-state index in [9.17, 15) is 10.2 Å². The van der Waals surface area contributed by atoms with E-state index in [0.717, 1.165) is 23.7 Å². The first-order valence-corrected chi connectivity index (χ1v) is 9.90. The molecule has 0 spiro atoms. The first-order valence-electron chi connectivity index (χ1n) is 8.68. The lowest BCUT2D eigenvalue weighted by atomic mass is 9.57. The van der Waals surface area contributed by atoms with E-state index < -0.39 is 0 Å². The van der Waals surface area contributed by atoms with Gasteiger partial charge in [0.25, 0.3) is 0 Å². The summed E-state index contributed by atoms with van der Waals surface area (Å²) in [7, 11) is 0. The summed E-state index contributed by atoms with van der Waals surface area (Å²) >= 11 is 1.64. The summed E-state index contributed by atoms with van der Waals surface area (Å²) in [6.07, 6.45) is 7.71. The van der Waals surface area contributed by atoms with Crippen LogP contribution in [-0.2, 0) is 6.42 Å². The van der Waals surface area contributed by atoms with Crippen LogP contribution >= 0.6 is 11.8 Å². The largest absolute Gasteiger partial charge is 0.507 e. The monoisotopic (exact) mass is 318 g/mol. The van der Waals surface area contributed by atoms with Crippen LogP contribution in [0.2, 0.25) is 0 Å². The zero-order chi connectivity index (χ0) is 15.4. The molecule has 0 aromatic heterocycles. The van der Waals surface area contributed by atoms with Gasteiger partial charge >= 0.3 is 0 Å². The highest BCUT2D eigenvalue weighted by atomic mass is 32.2. The third-order valence-corrected chi connectivity index (χ3v) is 7.44. The minimum absolute atomic E-state index is 0.0658. The van der Waals surface area contributed by atoms with Crippen LogP contribution < -0.4 is 0 Å². The van der Waals surface area contributed by atoms with Crippen LogP contribution in [0.25, 0.3) is 0 Å². The lowest BCUT2D eigenvalue weighted by molar-refractivity contribution is 0.0186. The predicted octanol–water partition coefficient (Wildman–Crippen LogP) is 4.19. The summed E-state index contributed by atoms with van der Waals surface area (Å²) in [6, 6.07) is 4.27. The van der Waals surface area contributed by atoms with Gasteiger partial charge in [-0.25, -0.2) is 0 Å². The Hall–Kier alpha value is -0.670. The molecule has 22 heavy (non-hydrogen) atoms. The molecular weight excluding hydrogens is 292 g/mol. The molecule has 5 unspecified atom stereocenters. The average molecular weight is 318 g/mol. The van der Waals surface area contributed by atoms with Crippen molar-refractivity contribution in [2.24, 2.45) is 23.7 Å².